The molecule has 0 saturated carbocycles. The van der Waals surface area contributed by atoms with Crippen molar-refractivity contribution in [1.29, 1.82) is 0 Å². The molecule has 0 amide bonds. The Labute approximate surface area is 122 Å². The maximum Gasteiger partial charge on any atom is 0.0652 e. The fourth-order valence-corrected chi connectivity index (χ4v) is 2.92. The Morgan fingerprint density at radius 1 is 1.25 bits per heavy atom. The van der Waals surface area contributed by atoms with Crippen molar-refractivity contribution in [3.8, 4) is 5.69 Å². The van der Waals surface area contributed by atoms with Crippen LogP contribution in [0.1, 0.15) is 48.8 Å². The molecule has 0 bridgehead atoms. The van der Waals surface area contributed by atoms with Crippen LogP contribution in [-0.2, 0) is 6.42 Å². The molecule has 1 N–H and O–H groups in total. The van der Waals surface area contributed by atoms with Crippen LogP contribution in [0.3, 0.4) is 0 Å². The average molecular weight is 271 g/mol. The molecule has 0 aliphatic rings. The average Bonchev–Trinajstić information content (AvgIpc) is 2.75. The molecule has 0 saturated heterocycles. The van der Waals surface area contributed by atoms with E-state index < -0.39 is 0 Å². The summed E-state index contributed by atoms with van der Waals surface area (Å²) in [6, 6.07) is 9.07. The second-order valence-corrected chi connectivity index (χ2v) is 5.26. The third kappa shape index (κ3) is 2.63. The van der Waals surface area contributed by atoms with Crippen LogP contribution >= 0.6 is 0 Å². The first-order valence-corrected chi connectivity index (χ1v) is 7.45. The molecule has 1 aromatic carbocycles. The van der Waals surface area contributed by atoms with E-state index in [1.165, 1.54) is 16.8 Å². The molecular weight excluding hydrogens is 246 g/mol. The van der Waals surface area contributed by atoms with E-state index in [9.17, 15) is 0 Å². The number of rotatable bonds is 5. The second kappa shape index (κ2) is 6.23. The standard InChI is InChI=1S/C17H25N3/c1-6-16-12(3)19-20(13(16)4)15-10-8-9-14(11-15)17(7-2)18-5/h8-11,17-18H,6-7H2,1-5H3. The lowest BCUT2D eigenvalue weighted by molar-refractivity contribution is 0.576. The van der Waals surface area contributed by atoms with Crippen LogP contribution in [0.15, 0.2) is 24.3 Å². The van der Waals surface area contributed by atoms with Gasteiger partial charge in [-0.15, -0.1) is 0 Å². The molecule has 1 atom stereocenters. The van der Waals surface area contributed by atoms with Gasteiger partial charge in [-0.05, 0) is 57.0 Å². The predicted octanol–water partition coefficient (Wildman–Crippen LogP) is 3.72. The van der Waals surface area contributed by atoms with Gasteiger partial charge in [-0.2, -0.15) is 5.10 Å². The minimum absolute atomic E-state index is 0.401. The first-order chi connectivity index (χ1) is 9.62. The van der Waals surface area contributed by atoms with Crippen molar-refractivity contribution in [2.45, 2.75) is 46.6 Å². The van der Waals surface area contributed by atoms with E-state index in [0.29, 0.717) is 6.04 Å². The smallest absolute Gasteiger partial charge is 0.0652 e. The monoisotopic (exact) mass is 271 g/mol. The second-order valence-electron chi connectivity index (χ2n) is 5.26. The highest BCUT2D eigenvalue weighted by Crippen LogP contribution is 2.22. The Balaban J connectivity index is 2.46. The minimum Gasteiger partial charge on any atom is -0.313 e. The summed E-state index contributed by atoms with van der Waals surface area (Å²) in [4.78, 5) is 0. The number of aromatic nitrogens is 2. The maximum absolute atomic E-state index is 4.70. The summed E-state index contributed by atoms with van der Waals surface area (Å²) < 4.78 is 2.07. The molecule has 2 aromatic rings. The molecule has 0 spiro atoms. The van der Waals surface area contributed by atoms with Gasteiger partial charge in [-0.1, -0.05) is 26.0 Å². The van der Waals surface area contributed by atoms with E-state index in [1.54, 1.807) is 0 Å². The van der Waals surface area contributed by atoms with Gasteiger partial charge in [0.05, 0.1) is 11.4 Å². The van der Waals surface area contributed by atoms with Crippen molar-refractivity contribution in [2.24, 2.45) is 0 Å². The lowest BCUT2D eigenvalue weighted by Gasteiger charge is -2.15. The zero-order valence-electron chi connectivity index (χ0n) is 13.2. The van der Waals surface area contributed by atoms with Gasteiger partial charge in [-0.25, -0.2) is 4.68 Å². The van der Waals surface area contributed by atoms with Crippen LogP contribution < -0.4 is 5.32 Å². The van der Waals surface area contributed by atoms with Crippen LogP contribution in [0.2, 0.25) is 0 Å². The van der Waals surface area contributed by atoms with Crippen molar-refractivity contribution in [3.63, 3.8) is 0 Å². The molecule has 1 aromatic heterocycles. The Hall–Kier alpha value is -1.61. The Kier molecular flexibility index (Phi) is 4.61. The van der Waals surface area contributed by atoms with Crippen LogP contribution in [0.25, 0.3) is 5.69 Å². The number of hydrogen-bond donors (Lipinski definition) is 1. The summed E-state index contributed by atoms with van der Waals surface area (Å²) in [5.41, 5.74) is 6.21. The number of aryl methyl sites for hydroxylation is 1. The zero-order valence-corrected chi connectivity index (χ0v) is 13.2. The molecule has 2 rings (SSSR count). The summed E-state index contributed by atoms with van der Waals surface area (Å²) in [5, 5.41) is 8.06. The zero-order chi connectivity index (χ0) is 14.7. The highest BCUT2D eigenvalue weighted by atomic mass is 15.3. The molecule has 1 unspecified atom stereocenters. The van der Waals surface area contributed by atoms with Crippen LogP contribution in [-0.4, -0.2) is 16.8 Å². The van der Waals surface area contributed by atoms with Crippen molar-refractivity contribution in [3.05, 3.63) is 46.8 Å². The number of nitrogens with zero attached hydrogens (tertiary/aromatic N) is 2. The van der Waals surface area contributed by atoms with Crippen molar-refractivity contribution < 1.29 is 0 Å². The maximum atomic E-state index is 4.70. The third-order valence-electron chi connectivity index (χ3n) is 4.07. The van der Waals surface area contributed by atoms with Gasteiger partial charge in [0, 0.05) is 11.7 Å². The van der Waals surface area contributed by atoms with Crippen LogP contribution in [0, 0.1) is 13.8 Å². The topological polar surface area (TPSA) is 29.9 Å². The number of benzene rings is 1. The summed E-state index contributed by atoms with van der Waals surface area (Å²) in [5.74, 6) is 0. The molecule has 0 radical (unpaired) electrons. The largest absolute Gasteiger partial charge is 0.313 e. The highest BCUT2D eigenvalue weighted by Gasteiger charge is 2.13. The highest BCUT2D eigenvalue weighted by molar-refractivity contribution is 5.40. The SMILES string of the molecule is CCc1c(C)nn(-c2cccc(C(CC)NC)c2)c1C. The number of hydrogen-bond acceptors (Lipinski definition) is 2. The normalized spacial score (nSPS) is 12.7. The van der Waals surface area contributed by atoms with E-state index in [0.717, 1.165) is 24.2 Å². The summed E-state index contributed by atoms with van der Waals surface area (Å²) >= 11 is 0. The molecule has 108 valence electrons. The molecule has 0 aliphatic carbocycles. The van der Waals surface area contributed by atoms with Gasteiger partial charge >= 0.3 is 0 Å². The van der Waals surface area contributed by atoms with Crippen LogP contribution in [0.4, 0.5) is 0 Å². The quantitative estimate of drug-likeness (QED) is 0.898. The summed E-state index contributed by atoms with van der Waals surface area (Å²) in [6.45, 7) is 8.63. The third-order valence-corrected chi connectivity index (χ3v) is 4.07. The molecule has 3 heteroatoms. The van der Waals surface area contributed by atoms with Gasteiger partial charge in [0.15, 0.2) is 0 Å². The first-order valence-electron chi connectivity index (χ1n) is 7.45. The van der Waals surface area contributed by atoms with E-state index in [1.807, 2.05) is 7.05 Å². The van der Waals surface area contributed by atoms with Crippen molar-refractivity contribution in [2.75, 3.05) is 7.05 Å². The van der Waals surface area contributed by atoms with Gasteiger partial charge in [-0.3, -0.25) is 0 Å². The molecular formula is C17H25N3. The van der Waals surface area contributed by atoms with E-state index in [-0.39, 0.29) is 0 Å². The lowest BCUT2D eigenvalue weighted by Crippen LogP contribution is -2.15. The fraction of sp³-hybridized carbons (Fsp3) is 0.471. The molecule has 0 fully saturated rings. The van der Waals surface area contributed by atoms with E-state index in [4.69, 9.17) is 5.10 Å². The van der Waals surface area contributed by atoms with E-state index >= 15 is 0 Å². The first kappa shape index (κ1) is 14.8. The van der Waals surface area contributed by atoms with Gasteiger partial charge in [0.1, 0.15) is 0 Å². The Morgan fingerprint density at radius 2 is 2.00 bits per heavy atom. The van der Waals surface area contributed by atoms with Crippen molar-refractivity contribution in [1.82, 2.24) is 15.1 Å². The lowest BCUT2D eigenvalue weighted by atomic mass is 10.0. The molecule has 1 heterocycles. The van der Waals surface area contributed by atoms with Crippen molar-refractivity contribution >= 4 is 0 Å². The number of nitrogens with one attached hydrogen (secondary N) is 1. The molecule has 0 aliphatic heterocycles. The predicted molar refractivity (Wildman–Crippen MR) is 84.5 cm³/mol. The summed E-state index contributed by atoms with van der Waals surface area (Å²) in [7, 11) is 2.01. The van der Waals surface area contributed by atoms with Gasteiger partial charge < -0.3 is 5.32 Å². The minimum atomic E-state index is 0.401. The Bertz CT molecular complexity index is 580. The summed E-state index contributed by atoms with van der Waals surface area (Å²) in [6.07, 6.45) is 2.11. The van der Waals surface area contributed by atoms with Gasteiger partial charge in [0.25, 0.3) is 0 Å². The van der Waals surface area contributed by atoms with Crippen LogP contribution in [0.5, 0.6) is 0 Å². The van der Waals surface area contributed by atoms with Gasteiger partial charge in [0.2, 0.25) is 0 Å². The van der Waals surface area contributed by atoms with E-state index in [2.05, 4.69) is 62.0 Å². The molecule has 20 heavy (non-hydrogen) atoms. The Morgan fingerprint density at radius 3 is 2.55 bits per heavy atom. The molecule has 3 nitrogen and oxygen atoms in total. The fourth-order valence-electron chi connectivity index (χ4n) is 2.92.